The van der Waals surface area contributed by atoms with Gasteiger partial charge in [0.2, 0.25) is 0 Å². The first-order valence-electron chi connectivity index (χ1n) is 2.06. The predicted octanol–water partition coefficient (Wildman–Crippen LogP) is 0.557. The van der Waals surface area contributed by atoms with E-state index in [1.807, 2.05) is 0 Å². The maximum absolute atomic E-state index is 8.55. The molecule has 0 aliphatic rings. The van der Waals surface area contributed by atoms with Crippen molar-refractivity contribution in [2.24, 2.45) is 0 Å². The maximum atomic E-state index is 8.55. The molecule has 0 amide bonds. The van der Waals surface area contributed by atoms with E-state index >= 15 is 0 Å². The van der Waals surface area contributed by atoms with Crippen LogP contribution in [0.3, 0.4) is 0 Å². The van der Waals surface area contributed by atoms with E-state index in [9.17, 15) is 0 Å². The molecule has 0 aliphatic heterocycles. The zero-order chi connectivity index (χ0) is 5.70. The monoisotopic (exact) mass is 96.1 g/mol. The Kier molecular flexibility index (Phi) is 3.09. The molecule has 0 heterocycles. The van der Waals surface area contributed by atoms with E-state index in [0.717, 1.165) is 0 Å². The lowest BCUT2D eigenvalue weighted by Crippen LogP contribution is -1.98. The molecule has 1 nitrogen and oxygen atoms in total. The van der Waals surface area contributed by atoms with Crippen LogP contribution in [0.4, 0.5) is 0 Å². The van der Waals surface area contributed by atoms with Gasteiger partial charge < -0.3 is 5.11 Å². The summed E-state index contributed by atoms with van der Waals surface area (Å²) in [5.41, 5.74) is 0. The Morgan fingerprint density at radius 2 is 2.57 bits per heavy atom. The van der Waals surface area contributed by atoms with Gasteiger partial charge in [0.25, 0.3) is 0 Å². The molecule has 0 aromatic heterocycles. The molecule has 0 bridgehead atoms. The van der Waals surface area contributed by atoms with Gasteiger partial charge in [-0.05, 0) is 0 Å². The molecule has 0 unspecified atom stereocenters. The number of hydrogen-bond donors (Lipinski definition) is 1. The molecule has 38 valence electrons. The predicted molar refractivity (Wildman–Crippen MR) is 29.7 cm³/mol. The smallest absolute Gasteiger partial charge is 0.117 e. The van der Waals surface area contributed by atoms with Crippen molar-refractivity contribution in [1.82, 2.24) is 0 Å². The van der Waals surface area contributed by atoms with Crippen LogP contribution < -0.4 is 0 Å². The third kappa shape index (κ3) is 3.08. The fourth-order valence-electron chi connectivity index (χ4n) is 0.226. The van der Waals surface area contributed by atoms with Crippen molar-refractivity contribution in [1.29, 1.82) is 0 Å². The van der Waals surface area contributed by atoms with Gasteiger partial charge in [0, 0.05) is 6.42 Å². The number of aliphatic hydroxyl groups excluding tert-OH is 1. The van der Waals surface area contributed by atoms with E-state index in [1.54, 1.807) is 6.08 Å². The molecule has 0 rings (SSSR count). The molecular formula is C6H8O. The van der Waals surface area contributed by atoms with Gasteiger partial charge >= 0.3 is 0 Å². The zero-order valence-corrected chi connectivity index (χ0v) is 4.09. The third-order valence-corrected chi connectivity index (χ3v) is 0.582. The van der Waals surface area contributed by atoms with E-state index in [1.165, 1.54) is 0 Å². The zero-order valence-electron chi connectivity index (χ0n) is 4.09. The largest absolute Gasteiger partial charge is 0.380 e. The Labute approximate surface area is 43.7 Å². The van der Waals surface area contributed by atoms with E-state index < -0.39 is 6.10 Å². The molecule has 0 saturated heterocycles. The lowest BCUT2D eigenvalue weighted by molar-refractivity contribution is 0.236. The highest BCUT2D eigenvalue weighted by molar-refractivity contribution is 4.96. The van der Waals surface area contributed by atoms with Gasteiger partial charge in [-0.3, -0.25) is 0 Å². The minimum absolute atomic E-state index is 0.483. The average molecular weight is 96.1 g/mol. The van der Waals surface area contributed by atoms with Crippen LogP contribution in [0.2, 0.25) is 0 Å². The van der Waals surface area contributed by atoms with E-state index in [4.69, 9.17) is 11.5 Å². The van der Waals surface area contributed by atoms with Crippen molar-refractivity contribution in [3.63, 3.8) is 0 Å². The summed E-state index contributed by atoms with van der Waals surface area (Å²) in [5.74, 6) is 2.15. The molecule has 0 spiro atoms. The Hall–Kier alpha value is -0.740. The summed E-state index contributed by atoms with van der Waals surface area (Å²) in [6.07, 6.45) is 6.24. The molecular weight excluding hydrogens is 88.1 g/mol. The summed E-state index contributed by atoms with van der Waals surface area (Å²) >= 11 is 0. The van der Waals surface area contributed by atoms with Gasteiger partial charge in [-0.15, -0.1) is 13.0 Å². The van der Waals surface area contributed by atoms with Crippen LogP contribution in [0, 0.1) is 12.3 Å². The van der Waals surface area contributed by atoms with Gasteiger partial charge in [0.15, 0.2) is 0 Å². The maximum Gasteiger partial charge on any atom is 0.117 e. The van der Waals surface area contributed by atoms with Crippen LogP contribution in [0.25, 0.3) is 0 Å². The van der Waals surface area contributed by atoms with E-state index in [0.29, 0.717) is 6.42 Å². The fraction of sp³-hybridized carbons (Fsp3) is 0.333. The highest BCUT2D eigenvalue weighted by Crippen LogP contribution is 1.86. The van der Waals surface area contributed by atoms with Crippen LogP contribution in [0.1, 0.15) is 6.42 Å². The first-order valence-corrected chi connectivity index (χ1v) is 2.06. The lowest BCUT2D eigenvalue weighted by Gasteiger charge is -1.92. The number of aliphatic hydroxyl groups is 1. The van der Waals surface area contributed by atoms with Gasteiger partial charge in [-0.25, -0.2) is 0 Å². The Morgan fingerprint density at radius 1 is 2.00 bits per heavy atom. The summed E-state index contributed by atoms with van der Waals surface area (Å²) in [6, 6.07) is 0. The van der Waals surface area contributed by atoms with Crippen molar-refractivity contribution in [2.75, 3.05) is 0 Å². The van der Waals surface area contributed by atoms with Crippen molar-refractivity contribution in [3.05, 3.63) is 12.7 Å². The average Bonchev–Trinajstić information content (AvgIpc) is 1.68. The second-order valence-corrected chi connectivity index (χ2v) is 1.21. The first-order chi connectivity index (χ1) is 3.31. The highest BCUT2D eigenvalue weighted by Gasteiger charge is 1.89. The van der Waals surface area contributed by atoms with Gasteiger partial charge in [-0.1, -0.05) is 12.0 Å². The first kappa shape index (κ1) is 6.26. The Morgan fingerprint density at radius 3 is 2.71 bits per heavy atom. The summed E-state index contributed by atoms with van der Waals surface area (Å²) in [7, 11) is 0. The summed E-state index contributed by atoms with van der Waals surface area (Å²) in [6.45, 7) is 3.39. The summed E-state index contributed by atoms with van der Waals surface area (Å²) < 4.78 is 0. The van der Waals surface area contributed by atoms with Crippen LogP contribution in [0.15, 0.2) is 12.7 Å². The van der Waals surface area contributed by atoms with Gasteiger partial charge in [0.05, 0.1) is 0 Å². The molecule has 1 heteroatoms. The minimum Gasteiger partial charge on any atom is -0.380 e. The molecule has 0 saturated carbocycles. The Balaban J connectivity index is 3.21. The third-order valence-electron chi connectivity index (χ3n) is 0.582. The van der Waals surface area contributed by atoms with Gasteiger partial charge in [0.1, 0.15) is 6.10 Å². The molecule has 0 aromatic carbocycles. The van der Waals surface area contributed by atoms with Crippen molar-refractivity contribution in [2.45, 2.75) is 12.5 Å². The topological polar surface area (TPSA) is 20.2 Å². The van der Waals surface area contributed by atoms with Crippen LogP contribution in [-0.2, 0) is 0 Å². The van der Waals surface area contributed by atoms with Crippen LogP contribution in [-0.4, -0.2) is 11.2 Å². The van der Waals surface area contributed by atoms with E-state index in [2.05, 4.69) is 12.5 Å². The van der Waals surface area contributed by atoms with Crippen molar-refractivity contribution >= 4 is 0 Å². The van der Waals surface area contributed by atoms with Crippen molar-refractivity contribution < 1.29 is 5.11 Å². The molecule has 0 aromatic rings. The molecule has 0 radical (unpaired) electrons. The molecule has 1 atom stereocenters. The van der Waals surface area contributed by atoms with Crippen molar-refractivity contribution in [3.8, 4) is 12.3 Å². The normalized spacial score (nSPS) is 12.0. The second kappa shape index (κ2) is 3.45. The van der Waals surface area contributed by atoms with Gasteiger partial charge in [-0.2, -0.15) is 0 Å². The SMILES string of the molecule is C#C[C@@H](O)CC=C. The number of terminal acetylenes is 1. The molecule has 0 fully saturated rings. The molecule has 7 heavy (non-hydrogen) atoms. The second-order valence-electron chi connectivity index (χ2n) is 1.21. The summed E-state index contributed by atoms with van der Waals surface area (Å²) in [4.78, 5) is 0. The number of rotatable bonds is 2. The minimum atomic E-state index is -0.641. The van der Waals surface area contributed by atoms with E-state index in [-0.39, 0.29) is 0 Å². The summed E-state index contributed by atoms with van der Waals surface area (Å²) in [5, 5.41) is 8.55. The quantitative estimate of drug-likeness (QED) is 0.393. The molecule has 0 aliphatic carbocycles. The molecule has 1 N–H and O–H groups in total. The highest BCUT2D eigenvalue weighted by atomic mass is 16.3. The number of hydrogen-bond acceptors (Lipinski definition) is 1. The lowest BCUT2D eigenvalue weighted by atomic mass is 10.3. The Bertz CT molecular complexity index is 88.8. The van der Waals surface area contributed by atoms with Crippen LogP contribution >= 0.6 is 0 Å². The fourth-order valence-corrected chi connectivity index (χ4v) is 0.226. The van der Waals surface area contributed by atoms with Crippen LogP contribution in [0.5, 0.6) is 0 Å². The standard InChI is InChI=1S/C6H8O/c1-3-5-6(7)4-2/h2-3,6-7H,1,5H2/t6-/m1/s1.